The highest BCUT2D eigenvalue weighted by Gasteiger charge is 2.40. The van der Waals surface area contributed by atoms with Gasteiger partial charge in [0.15, 0.2) is 0 Å². The lowest BCUT2D eigenvalue weighted by molar-refractivity contribution is -0.132. The molecule has 1 fully saturated rings. The van der Waals surface area contributed by atoms with Gasteiger partial charge in [0.05, 0.1) is 11.6 Å². The number of nitrogens with one attached hydrogen (secondary N) is 1. The number of rotatable bonds is 4. The molecule has 2 rings (SSSR count). The van der Waals surface area contributed by atoms with Gasteiger partial charge >= 0.3 is 5.97 Å². The molecule has 6 nitrogen and oxygen atoms in total. The Hall–Kier alpha value is -2.39. The summed E-state index contributed by atoms with van der Waals surface area (Å²) < 4.78 is 5.19. The number of nitrogens with zero attached hydrogens (tertiary/aromatic N) is 1. The van der Waals surface area contributed by atoms with Crippen molar-refractivity contribution in [3.8, 4) is 6.07 Å². The number of hydrogen-bond acceptors (Lipinski definition) is 4. The van der Waals surface area contributed by atoms with E-state index < -0.39 is 11.4 Å². The van der Waals surface area contributed by atoms with Crippen molar-refractivity contribution in [1.82, 2.24) is 5.32 Å². The topological polar surface area (TPSA) is 99.4 Å². The van der Waals surface area contributed by atoms with Gasteiger partial charge in [0.1, 0.15) is 5.41 Å². The van der Waals surface area contributed by atoms with E-state index in [9.17, 15) is 14.9 Å². The van der Waals surface area contributed by atoms with Crippen LogP contribution in [0, 0.1) is 16.7 Å². The third-order valence-corrected chi connectivity index (χ3v) is 3.62. The standard InChI is InChI=1S/C15H16N2O4/c16-10-15(4-6-21-7-5-15)14(20)17-9-11-2-1-3-12(8-11)13(18)19/h1-3,8H,4-7,9H2,(H,17,20)(H,18,19). The molecule has 21 heavy (non-hydrogen) atoms. The fourth-order valence-corrected chi connectivity index (χ4v) is 2.28. The lowest BCUT2D eigenvalue weighted by Crippen LogP contribution is -2.43. The van der Waals surface area contributed by atoms with Gasteiger partial charge in [-0.2, -0.15) is 5.26 Å². The van der Waals surface area contributed by atoms with Crippen molar-refractivity contribution in [1.29, 1.82) is 5.26 Å². The molecule has 1 amide bonds. The van der Waals surface area contributed by atoms with Crippen molar-refractivity contribution in [2.45, 2.75) is 19.4 Å². The van der Waals surface area contributed by atoms with Gasteiger partial charge in [-0.25, -0.2) is 4.79 Å². The van der Waals surface area contributed by atoms with Crippen LogP contribution in [0.3, 0.4) is 0 Å². The maximum atomic E-state index is 12.2. The number of nitriles is 1. The number of carboxylic acid groups (broad SMARTS) is 1. The minimum Gasteiger partial charge on any atom is -0.478 e. The molecular weight excluding hydrogens is 272 g/mol. The predicted octanol–water partition coefficient (Wildman–Crippen LogP) is 1.32. The third kappa shape index (κ3) is 3.38. The van der Waals surface area contributed by atoms with Crippen LogP contribution in [0.4, 0.5) is 0 Å². The van der Waals surface area contributed by atoms with Crippen molar-refractivity contribution in [3.05, 3.63) is 35.4 Å². The second-order valence-corrected chi connectivity index (χ2v) is 4.99. The Balaban J connectivity index is 2.02. The number of carboxylic acids is 1. The number of ether oxygens (including phenoxy) is 1. The smallest absolute Gasteiger partial charge is 0.335 e. The monoisotopic (exact) mass is 288 g/mol. The molecule has 1 aliphatic rings. The van der Waals surface area contributed by atoms with Crippen LogP contribution in [0.1, 0.15) is 28.8 Å². The molecule has 0 bridgehead atoms. The normalized spacial score (nSPS) is 16.7. The summed E-state index contributed by atoms with van der Waals surface area (Å²) in [6, 6.07) is 8.45. The molecule has 0 unspecified atom stereocenters. The first-order valence-electron chi connectivity index (χ1n) is 6.67. The van der Waals surface area contributed by atoms with Gasteiger partial charge in [0, 0.05) is 19.8 Å². The van der Waals surface area contributed by atoms with Crippen LogP contribution in [0.25, 0.3) is 0 Å². The molecule has 110 valence electrons. The maximum absolute atomic E-state index is 12.2. The zero-order valence-corrected chi connectivity index (χ0v) is 11.5. The van der Waals surface area contributed by atoms with Crippen molar-refractivity contribution < 1.29 is 19.4 Å². The average Bonchev–Trinajstić information content (AvgIpc) is 2.53. The van der Waals surface area contributed by atoms with Crippen LogP contribution < -0.4 is 5.32 Å². The van der Waals surface area contributed by atoms with E-state index in [1.807, 2.05) is 0 Å². The molecule has 0 aliphatic carbocycles. The minimum atomic E-state index is -1.04. The number of hydrogen-bond donors (Lipinski definition) is 2. The highest BCUT2D eigenvalue weighted by molar-refractivity contribution is 5.88. The van der Waals surface area contributed by atoms with Crippen LogP contribution in [0.5, 0.6) is 0 Å². The largest absolute Gasteiger partial charge is 0.478 e. The van der Waals surface area contributed by atoms with Crippen molar-refractivity contribution in [3.63, 3.8) is 0 Å². The molecule has 2 N–H and O–H groups in total. The van der Waals surface area contributed by atoms with Gasteiger partial charge in [0.25, 0.3) is 0 Å². The fourth-order valence-electron chi connectivity index (χ4n) is 2.28. The lowest BCUT2D eigenvalue weighted by Gasteiger charge is -2.29. The van der Waals surface area contributed by atoms with E-state index in [4.69, 9.17) is 9.84 Å². The Morgan fingerprint density at radius 3 is 2.71 bits per heavy atom. The van der Waals surface area contributed by atoms with Crippen LogP contribution >= 0.6 is 0 Å². The van der Waals surface area contributed by atoms with Gasteiger partial charge in [0.2, 0.25) is 5.91 Å². The van der Waals surface area contributed by atoms with Crippen molar-refractivity contribution >= 4 is 11.9 Å². The molecule has 0 radical (unpaired) electrons. The highest BCUT2D eigenvalue weighted by Crippen LogP contribution is 2.29. The Bertz CT molecular complexity index is 586. The summed E-state index contributed by atoms with van der Waals surface area (Å²) in [5, 5.41) is 20.9. The molecule has 0 spiro atoms. The van der Waals surface area contributed by atoms with Gasteiger partial charge in [-0.3, -0.25) is 4.79 Å². The predicted molar refractivity (Wildman–Crippen MR) is 73.3 cm³/mol. The van der Waals surface area contributed by atoms with E-state index in [0.29, 0.717) is 31.6 Å². The fraction of sp³-hybridized carbons (Fsp3) is 0.400. The van der Waals surface area contributed by atoms with E-state index in [-0.39, 0.29) is 18.0 Å². The highest BCUT2D eigenvalue weighted by atomic mass is 16.5. The summed E-state index contributed by atoms with van der Waals surface area (Å²) in [5.74, 6) is -1.34. The molecular formula is C15H16N2O4. The Kier molecular flexibility index (Phi) is 4.55. The van der Waals surface area contributed by atoms with Gasteiger partial charge in [-0.05, 0) is 30.5 Å². The van der Waals surface area contributed by atoms with E-state index in [2.05, 4.69) is 11.4 Å². The van der Waals surface area contributed by atoms with E-state index in [1.165, 1.54) is 12.1 Å². The first-order valence-corrected chi connectivity index (χ1v) is 6.67. The van der Waals surface area contributed by atoms with Crippen LogP contribution in [-0.2, 0) is 16.1 Å². The summed E-state index contributed by atoms with van der Waals surface area (Å²) in [6.07, 6.45) is 0.759. The quantitative estimate of drug-likeness (QED) is 0.870. The number of amides is 1. The molecule has 1 saturated heterocycles. The van der Waals surface area contributed by atoms with Crippen molar-refractivity contribution in [2.24, 2.45) is 5.41 Å². The summed E-state index contributed by atoms with van der Waals surface area (Å²) in [7, 11) is 0. The Morgan fingerprint density at radius 2 is 2.10 bits per heavy atom. The Labute approximate surface area is 122 Å². The van der Waals surface area contributed by atoms with E-state index in [0.717, 1.165) is 0 Å². The van der Waals surface area contributed by atoms with E-state index in [1.54, 1.807) is 12.1 Å². The molecule has 1 aromatic rings. The average molecular weight is 288 g/mol. The lowest BCUT2D eigenvalue weighted by atomic mass is 9.81. The van der Waals surface area contributed by atoms with Crippen LogP contribution in [0.15, 0.2) is 24.3 Å². The summed E-state index contributed by atoms with van der Waals surface area (Å²) in [6.45, 7) is 0.995. The SMILES string of the molecule is N#CC1(C(=O)NCc2cccc(C(=O)O)c2)CCOCC1. The van der Waals surface area contributed by atoms with Gasteiger partial charge < -0.3 is 15.2 Å². The summed E-state index contributed by atoms with van der Waals surface area (Å²) in [5.41, 5.74) is -0.186. The number of carbonyl (C=O) groups is 2. The second-order valence-electron chi connectivity index (χ2n) is 4.99. The zero-order valence-electron chi connectivity index (χ0n) is 11.5. The first kappa shape index (κ1) is 15.0. The second kappa shape index (κ2) is 6.37. The van der Waals surface area contributed by atoms with Crippen molar-refractivity contribution in [2.75, 3.05) is 13.2 Å². The number of benzene rings is 1. The van der Waals surface area contributed by atoms with E-state index >= 15 is 0 Å². The molecule has 6 heteroatoms. The molecule has 1 aromatic carbocycles. The molecule has 1 aliphatic heterocycles. The van der Waals surface area contributed by atoms with Crippen LogP contribution in [-0.4, -0.2) is 30.2 Å². The maximum Gasteiger partial charge on any atom is 0.335 e. The number of carbonyl (C=O) groups excluding carboxylic acids is 1. The third-order valence-electron chi connectivity index (χ3n) is 3.62. The molecule has 0 aromatic heterocycles. The first-order chi connectivity index (χ1) is 10.1. The molecule has 0 atom stereocenters. The minimum absolute atomic E-state index is 0.169. The molecule has 0 saturated carbocycles. The number of aromatic carboxylic acids is 1. The Morgan fingerprint density at radius 1 is 1.38 bits per heavy atom. The summed E-state index contributed by atoms with van der Waals surface area (Å²) in [4.78, 5) is 23.1. The van der Waals surface area contributed by atoms with Gasteiger partial charge in [-0.15, -0.1) is 0 Å². The summed E-state index contributed by atoms with van der Waals surface area (Å²) >= 11 is 0. The van der Waals surface area contributed by atoms with Gasteiger partial charge in [-0.1, -0.05) is 12.1 Å². The molecule has 1 heterocycles. The zero-order chi connectivity index (χ0) is 15.3. The van der Waals surface area contributed by atoms with Crippen LogP contribution in [0.2, 0.25) is 0 Å².